The highest BCUT2D eigenvalue weighted by molar-refractivity contribution is 9.10. The van der Waals surface area contributed by atoms with E-state index in [1.54, 1.807) is 0 Å². The summed E-state index contributed by atoms with van der Waals surface area (Å²) in [7, 11) is 0. The van der Waals surface area contributed by atoms with Crippen LogP contribution >= 0.6 is 43.5 Å². The number of hydrogen-bond acceptors (Lipinski definition) is 1. The number of benzene rings is 2. The van der Waals surface area contributed by atoms with Crippen molar-refractivity contribution < 1.29 is 4.74 Å². The topological polar surface area (TPSA) is 9.23 Å². The second-order valence-electron chi connectivity index (χ2n) is 4.46. The quantitative estimate of drug-likeness (QED) is 0.512. The minimum Gasteiger partial charge on any atom is -0.492 e. The van der Waals surface area contributed by atoms with Gasteiger partial charge in [-0.15, -0.1) is 0 Å². The Morgan fingerprint density at radius 2 is 1.90 bits per heavy atom. The standard InChI is InChI=1S/C16H15Br2ClO/c1-2-8-20-15-7-6-12(10-14(15)17)16(18)11-4-3-5-13(19)9-11/h3-7,9-10,16H,2,8H2,1H3. The maximum atomic E-state index is 6.04. The average Bonchev–Trinajstić information content (AvgIpc) is 2.45. The maximum absolute atomic E-state index is 6.04. The molecule has 4 heteroatoms. The van der Waals surface area contributed by atoms with E-state index in [0.29, 0.717) is 0 Å². The van der Waals surface area contributed by atoms with Crippen molar-refractivity contribution in [2.45, 2.75) is 18.2 Å². The molecule has 1 nitrogen and oxygen atoms in total. The van der Waals surface area contributed by atoms with Gasteiger partial charge in [0.25, 0.3) is 0 Å². The lowest BCUT2D eigenvalue weighted by atomic mass is 10.0. The summed E-state index contributed by atoms with van der Waals surface area (Å²) in [5.74, 6) is 0.876. The third-order valence-corrected chi connectivity index (χ3v) is 4.76. The van der Waals surface area contributed by atoms with Crippen LogP contribution in [0.15, 0.2) is 46.9 Å². The lowest BCUT2D eigenvalue weighted by molar-refractivity contribution is 0.315. The van der Waals surface area contributed by atoms with E-state index < -0.39 is 0 Å². The lowest BCUT2D eigenvalue weighted by Crippen LogP contribution is -1.97. The molecule has 106 valence electrons. The first-order valence-electron chi connectivity index (χ1n) is 6.43. The Hall–Kier alpha value is -0.510. The summed E-state index contributed by atoms with van der Waals surface area (Å²) >= 11 is 13.3. The maximum Gasteiger partial charge on any atom is 0.133 e. The Labute approximate surface area is 141 Å². The van der Waals surface area contributed by atoms with Crippen LogP contribution in [0.4, 0.5) is 0 Å². The van der Waals surface area contributed by atoms with Crippen molar-refractivity contribution in [3.63, 3.8) is 0 Å². The zero-order chi connectivity index (χ0) is 14.5. The molecule has 2 rings (SSSR count). The molecule has 0 N–H and O–H groups in total. The van der Waals surface area contributed by atoms with Crippen molar-refractivity contribution in [2.75, 3.05) is 6.61 Å². The average molecular weight is 419 g/mol. The SMILES string of the molecule is CCCOc1ccc(C(Br)c2cccc(Cl)c2)cc1Br. The molecular weight excluding hydrogens is 403 g/mol. The molecule has 2 aromatic rings. The number of ether oxygens (including phenoxy) is 1. The van der Waals surface area contributed by atoms with Crippen LogP contribution in [0.2, 0.25) is 5.02 Å². The summed E-state index contributed by atoms with van der Waals surface area (Å²) in [5.41, 5.74) is 2.29. The molecule has 0 amide bonds. The van der Waals surface area contributed by atoms with Gasteiger partial charge in [0.2, 0.25) is 0 Å². The van der Waals surface area contributed by atoms with Crippen LogP contribution in [0.1, 0.15) is 29.3 Å². The Kier molecular flexibility index (Phi) is 5.94. The van der Waals surface area contributed by atoms with Gasteiger partial charge in [-0.2, -0.15) is 0 Å². The van der Waals surface area contributed by atoms with Gasteiger partial charge in [-0.25, -0.2) is 0 Å². The number of halogens is 3. The molecule has 20 heavy (non-hydrogen) atoms. The molecule has 0 saturated carbocycles. The molecule has 0 radical (unpaired) electrons. The first-order valence-corrected chi connectivity index (χ1v) is 8.52. The molecule has 0 fully saturated rings. The van der Waals surface area contributed by atoms with Crippen LogP contribution in [-0.4, -0.2) is 6.61 Å². The molecular formula is C16H15Br2ClO. The summed E-state index contributed by atoms with van der Waals surface area (Å²) < 4.78 is 6.63. The van der Waals surface area contributed by atoms with Crippen molar-refractivity contribution in [2.24, 2.45) is 0 Å². The predicted octanol–water partition coefficient (Wildman–Crippen LogP) is 6.38. The van der Waals surface area contributed by atoms with Crippen LogP contribution in [0.25, 0.3) is 0 Å². The zero-order valence-electron chi connectivity index (χ0n) is 11.1. The lowest BCUT2D eigenvalue weighted by Gasteiger charge is -2.14. The predicted molar refractivity (Wildman–Crippen MR) is 92.2 cm³/mol. The fraction of sp³-hybridized carbons (Fsp3) is 0.250. The van der Waals surface area contributed by atoms with E-state index in [4.69, 9.17) is 16.3 Å². The zero-order valence-corrected chi connectivity index (χ0v) is 15.0. The molecule has 1 atom stereocenters. The Morgan fingerprint density at radius 3 is 2.55 bits per heavy atom. The van der Waals surface area contributed by atoms with Crippen molar-refractivity contribution in [1.29, 1.82) is 0 Å². The number of rotatable bonds is 5. The van der Waals surface area contributed by atoms with Crippen molar-refractivity contribution in [1.82, 2.24) is 0 Å². The highest BCUT2D eigenvalue weighted by Crippen LogP contribution is 2.36. The first kappa shape index (κ1) is 15.9. The van der Waals surface area contributed by atoms with Gasteiger partial charge < -0.3 is 4.74 Å². The largest absolute Gasteiger partial charge is 0.492 e. The van der Waals surface area contributed by atoms with Crippen LogP contribution in [0.5, 0.6) is 5.75 Å². The molecule has 0 aliphatic rings. The van der Waals surface area contributed by atoms with E-state index in [9.17, 15) is 0 Å². The normalized spacial score (nSPS) is 12.2. The van der Waals surface area contributed by atoms with Gasteiger partial charge >= 0.3 is 0 Å². The van der Waals surface area contributed by atoms with Gasteiger partial charge in [0.15, 0.2) is 0 Å². The van der Waals surface area contributed by atoms with Gasteiger partial charge in [0.05, 0.1) is 15.9 Å². The molecule has 0 spiro atoms. The minimum absolute atomic E-state index is 0.109. The molecule has 0 aromatic heterocycles. The van der Waals surface area contributed by atoms with Gasteiger partial charge in [-0.05, 0) is 57.7 Å². The summed E-state index contributed by atoms with van der Waals surface area (Å²) in [6, 6.07) is 14.0. The van der Waals surface area contributed by atoms with Gasteiger partial charge in [-0.1, -0.05) is 52.7 Å². The van der Waals surface area contributed by atoms with Crippen LogP contribution in [0.3, 0.4) is 0 Å². The van der Waals surface area contributed by atoms with Gasteiger partial charge in [0, 0.05) is 5.02 Å². The summed E-state index contributed by atoms with van der Waals surface area (Å²) in [6.07, 6.45) is 0.998. The van der Waals surface area contributed by atoms with Gasteiger partial charge in [0.1, 0.15) is 5.75 Å². The first-order chi connectivity index (χ1) is 9.61. The molecule has 0 aliphatic heterocycles. The fourth-order valence-corrected chi connectivity index (χ4v) is 3.14. The van der Waals surface area contributed by atoms with Gasteiger partial charge in [-0.3, -0.25) is 0 Å². The van der Waals surface area contributed by atoms with E-state index in [0.717, 1.165) is 39.4 Å². The third kappa shape index (κ3) is 4.00. The van der Waals surface area contributed by atoms with Crippen molar-refractivity contribution >= 4 is 43.5 Å². The smallest absolute Gasteiger partial charge is 0.133 e. The van der Waals surface area contributed by atoms with Crippen molar-refractivity contribution in [3.05, 3.63) is 63.1 Å². The number of hydrogen-bond donors (Lipinski definition) is 0. The van der Waals surface area contributed by atoms with E-state index in [2.05, 4.69) is 57.0 Å². The van der Waals surface area contributed by atoms with Crippen LogP contribution in [0, 0.1) is 0 Å². The van der Waals surface area contributed by atoms with Crippen LogP contribution in [-0.2, 0) is 0 Å². The molecule has 2 aromatic carbocycles. The molecule has 0 aliphatic carbocycles. The molecule has 0 bridgehead atoms. The third-order valence-electron chi connectivity index (χ3n) is 2.85. The van der Waals surface area contributed by atoms with E-state index in [1.165, 1.54) is 0 Å². The second-order valence-corrected chi connectivity index (χ2v) is 6.66. The molecule has 0 saturated heterocycles. The Morgan fingerprint density at radius 1 is 1.15 bits per heavy atom. The van der Waals surface area contributed by atoms with E-state index in [1.807, 2.05) is 24.3 Å². The number of alkyl halides is 1. The molecule has 1 unspecified atom stereocenters. The van der Waals surface area contributed by atoms with E-state index in [-0.39, 0.29) is 4.83 Å². The van der Waals surface area contributed by atoms with Crippen LogP contribution < -0.4 is 4.74 Å². The highest BCUT2D eigenvalue weighted by atomic mass is 79.9. The fourth-order valence-electron chi connectivity index (χ4n) is 1.86. The monoisotopic (exact) mass is 416 g/mol. The molecule has 0 heterocycles. The van der Waals surface area contributed by atoms with Crippen molar-refractivity contribution in [3.8, 4) is 5.75 Å². The Bertz CT molecular complexity index is 586. The Balaban J connectivity index is 2.22. The second kappa shape index (κ2) is 7.48. The summed E-state index contributed by atoms with van der Waals surface area (Å²) in [4.78, 5) is 0.109. The summed E-state index contributed by atoms with van der Waals surface area (Å²) in [5, 5.41) is 0.744. The summed E-state index contributed by atoms with van der Waals surface area (Å²) in [6.45, 7) is 2.82. The van der Waals surface area contributed by atoms with E-state index >= 15 is 0 Å². The minimum atomic E-state index is 0.109. The highest BCUT2D eigenvalue weighted by Gasteiger charge is 2.12.